The van der Waals surface area contributed by atoms with E-state index in [0.29, 0.717) is 12.2 Å². The zero-order chi connectivity index (χ0) is 13.8. The lowest BCUT2D eigenvalue weighted by Gasteiger charge is -2.12. The Hall–Kier alpha value is -0.790. The average molecular weight is 266 g/mol. The average Bonchev–Trinajstić information content (AvgIpc) is 2.46. The summed E-state index contributed by atoms with van der Waals surface area (Å²) >= 11 is 0. The second-order valence-corrected chi connectivity index (χ2v) is 5.62. The number of carbonyl (C=O) groups excluding carboxylic acids is 1. The summed E-state index contributed by atoms with van der Waals surface area (Å²) in [6.45, 7) is 3.03. The van der Waals surface area contributed by atoms with E-state index in [2.05, 4.69) is 6.92 Å². The first kappa shape index (κ1) is 16.3. The lowest BCUT2D eigenvalue weighted by atomic mass is 10.00. The van der Waals surface area contributed by atoms with E-state index in [1.54, 1.807) is 6.26 Å². The Bertz CT molecular complexity index is 268. The Morgan fingerprint density at radius 3 is 2.26 bits per heavy atom. The van der Waals surface area contributed by atoms with Crippen LogP contribution >= 0.6 is 0 Å². The van der Waals surface area contributed by atoms with E-state index in [0.717, 1.165) is 31.4 Å². The molecule has 0 aromatic rings. The third kappa shape index (κ3) is 8.07. The van der Waals surface area contributed by atoms with Gasteiger partial charge in [-0.2, -0.15) is 0 Å². The second-order valence-electron chi connectivity index (χ2n) is 5.62. The van der Waals surface area contributed by atoms with E-state index >= 15 is 0 Å². The molecule has 0 radical (unpaired) electrons. The molecule has 19 heavy (non-hydrogen) atoms. The molecule has 0 N–H and O–H groups in total. The van der Waals surface area contributed by atoms with Gasteiger partial charge in [-0.1, -0.05) is 58.3 Å². The van der Waals surface area contributed by atoms with Gasteiger partial charge in [0.15, 0.2) is 5.78 Å². The normalized spacial score (nSPS) is 14.9. The Balaban J connectivity index is 1.90. The van der Waals surface area contributed by atoms with Crippen LogP contribution in [0, 0.1) is 0 Å². The van der Waals surface area contributed by atoms with Gasteiger partial charge in [0.1, 0.15) is 0 Å². The maximum absolute atomic E-state index is 11.9. The van der Waals surface area contributed by atoms with Gasteiger partial charge in [-0.15, -0.1) is 0 Å². The number of unbranched alkanes of at least 4 members (excludes halogenated alkanes) is 8. The quantitative estimate of drug-likeness (QED) is 0.482. The van der Waals surface area contributed by atoms with Gasteiger partial charge in [0.2, 0.25) is 0 Å². The number of hydrogen-bond acceptors (Lipinski definition) is 2. The van der Waals surface area contributed by atoms with Crippen molar-refractivity contribution in [3.05, 3.63) is 11.8 Å². The highest BCUT2D eigenvalue weighted by Crippen LogP contribution is 2.16. The molecule has 0 saturated heterocycles. The van der Waals surface area contributed by atoms with Gasteiger partial charge in [-0.3, -0.25) is 4.79 Å². The molecule has 0 unspecified atom stereocenters. The first-order chi connectivity index (χ1) is 9.34. The number of allylic oxidation sites excluding steroid dienone is 1. The minimum Gasteiger partial charge on any atom is -0.501 e. The molecule has 1 rings (SSSR count). The first-order valence-electron chi connectivity index (χ1n) is 8.18. The lowest BCUT2D eigenvalue weighted by Crippen LogP contribution is -2.08. The Labute approximate surface area is 118 Å². The number of ketones is 1. The molecule has 0 fully saturated rings. The molecule has 1 heterocycles. The molecule has 110 valence electrons. The van der Waals surface area contributed by atoms with Gasteiger partial charge in [-0.05, 0) is 19.3 Å². The minimum absolute atomic E-state index is 0.308. The van der Waals surface area contributed by atoms with Gasteiger partial charge >= 0.3 is 0 Å². The zero-order valence-electron chi connectivity index (χ0n) is 12.6. The van der Waals surface area contributed by atoms with E-state index in [1.807, 2.05) is 0 Å². The van der Waals surface area contributed by atoms with Crippen molar-refractivity contribution < 1.29 is 9.53 Å². The fourth-order valence-electron chi connectivity index (χ4n) is 2.53. The van der Waals surface area contributed by atoms with Crippen LogP contribution in [-0.4, -0.2) is 12.4 Å². The van der Waals surface area contributed by atoms with Crippen LogP contribution in [0.5, 0.6) is 0 Å². The van der Waals surface area contributed by atoms with Crippen LogP contribution in [0.4, 0.5) is 0 Å². The standard InChI is InChI=1S/C17H30O2/c1-2-3-4-5-6-7-8-9-10-13-17(18)16-12-11-14-19-15-16/h15H,2-14H2,1H3. The molecular formula is C17H30O2. The smallest absolute Gasteiger partial charge is 0.161 e. The van der Waals surface area contributed by atoms with Crippen molar-refractivity contribution in [3.63, 3.8) is 0 Å². The maximum Gasteiger partial charge on any atom is 0.161 e. The Morgan fingerprint density at radius 1 is 1.05 bits per heavy atom. The largest absolute Gasteiger partial charge is 0.501 e. The van der Waals surface area contributed by atoms with E-state index in [-0.39, 0.29) is 0 Å². The summed E-state index contributed by atoms with van der Waals surface area (Å²) < 4.78 is 5.21. The summed E-state index contributed by atoms with van der Waals surface area (Å²) in [5.74, 6) is 0.308. The molecule has 0 atom stereocenters. The maximum atomic E-state index is 11.9. The predicted molar refractivity (Wildman–Crippen MR) is 80.1 cm³/mol. The van der Waals surface area contributed by atoms with Gasteiger partial charge in [0, 0.05) is 12.0 Å². The van der Waals surface area contributed by atoms with Crippen LogP contribution in [0.3, 0.4) is 0 Å². The number of Topliss-reactive ketones (excluding diaryl/α,β-unsaturated/α-hetero) is 1. The van der Waals surface area contributed by atoms with Gasteiger partial charge in [0.05, 0.1) is 12.9 Å². The van der Waals surface area contributed by atoms with Crippen LogP contribution in [0.15, 0.2) is 11.8 Å². The van der Waals surface area contributed by atoms with Crippen LogP contribution in [0.1, 0.15) is 84.0 Å². The number of rotatable bonds is 11. The van der Waals surface area contributed by atoms with Crippen molar-refractivity contribution in [1.82, 2.24) is 0 Å². The van der Waals surface area contributed by atoms with Crippen molar-refractivity contribution in [3.8, 4) is 0 Å². The van der Waals surface area contributed by atoms with Crippen molar-refractivity contribution in [2.75, 3.05) is 6.61 Å². The summed E-state index contributed by atoms with van der Waals surface area (Å²) in [6, 6.07) is 0. The highest BCUT2D eigenvalue weighted by molar-refractivity contribution is 5.95. The molecule has 0 bridgehead atoms. The van der Waals surface area contributed by atoms with Crippen LogP contribution < -0.4 is 0 Å². The van der Waals surface area contributed by atoms with Crippen molar-refractivity contribution >= 4 is 5.78 Å². The van der Waals surface area contributed by atoms with Crippen LogP contribution in [0.2, 0.25) is 0 Å². The monoisotopic (exact) mass is 266 g/mol. The Morgan fingerprint density at radius 2 is 1.68 bits per heavy atom. The van der Waals surface area contributed by atoms with Gasteiger partial charge in [-0.25, -0.2) is 0 Å². The third-order valence-electron chi connectivity index (χ3n) is 3.80. The summed E-state index contributed by atoms with van der Waals surface area (Å²) in [5.41, 5.74) is 0.908. The van der Waals surface area contributed by atoms with E-state index in [9.17, 15) is 4.79 Å². The molecule has 0 saturated carbocycles. The molecule has 0 spiro atoms. The molecular weight excluding hydrogens is 236 g/mol. The van der Waals surface area contributed by atoms with Crippen LogP contribution in [-0.2, 0) is 9.53 Å². The van der Waals surface area contributed by atoms with Crippen molar-refractivity contribution in [1.29, 1.82) is 0 Å². The second kappa shape index (κ2) is 11.1. The third-order valence-corrected chi connectivity index (χ3v) is 3.80. The molecule has 0 aliphatic carbocycles. The fourth-order valence-corrected chi connectivity index (χ4v) is 2.53. The molecule has 2 heteroatoms. The summed E-state index contributed by atoms with van der Waals surface area (Å²) in [6.07, 6.45) is 16.0. The molecule has 0 amide bonds. The minimum atomic E-state index is 0.308. The van der Waals surface area contributed by atoms with Gasteiger partial charge in [0.25, 0.3) is 0 Å². The summed E-state index contributed by atoms with van der Waals surface area (Å²) in [4.78, 5) is 11.9. The summed E-state index contributed by atoms with van der Waals surface area (Å²) in [7, 11) is 0. The molecule has 1 aliphatic rings. The van der Waals surface area contributed by atoms with Crippen LogP contribution in [0.25, 0.3) is 0 Å². The number of hydrogen-bond donors (Lipinski definition) is 0. The molecule has 0 aromatic carbocycles. The summed E-state index contributed by atoms with van der Waals surface area (Å²) in [5, 5.41) is 0. The number of ether oxygens (including phenoxy) is 1. The van der Waals surface area contributed by atoms with Gasteiger partial charge < -0.3 is 4.74 Å². The highest BCUT2D eigenvalue weighted by Gasteiger charge is 2.12. The first-order valence-corrected chi connectivity index (χ1v) is 8.18. The van der Waals surface area contributed by atoms with E-state index < -0.39 is 0 Å². The molecule has 2 nitrogen and oxygen atoms in total. The predicted octanol–water partition coefficient (Wildman–Crippen LogP) is 5.17. The Kier molecular flexibility index (Phi) is 9.48. The molecule has 0 aromatic heterocycles. The zero-order valence-corrected chi connectivity index (χ0v) is 12.6. The SMILES string of the molecule is CCCCCCCCCCCC(=O)C1=COCCC1. The van der Waals surface area contributed by atoms with Crippen molar-refractivity contribution in [2.45, 2.75) is 84.0 Å². The topological polar surface area (TPSA) is 26.3 Å². The van der Waals surface area contributed by atoms with E-state index in [4.69, 9.17) is 4.74 Å². The number of carbonyl (C=O) groups is 1. The lowest BCUT2D eigenvalue weighted by molar-refractivity contribution is -0.116. The highest BCUT2D eigenvalue weighted by atomic mass is 16.5. The fraction of sp³-hybridized carbons (Fsp3) is 0.824. The van der Waals surface area contributed by atoms with E-state index in [1.165, 1.54) is 51.4 Å². The molecule has 1 aliphatic heterocycles. The van der Waals surface area contributed by atoms with Crippen molar-refractivity contribution in [2.24, 2.45) is 0 Å².